The smallest absolute Gasteiger partial charge is 0.256 e. The zero-order chi connectivity index (χ0) is 22.7. The van der Waals surface area contributed by atoms with E-state index in [1.165, 1.54) is 32.1 Å². The summed E-state index contributed by atoms with van der Waals surface area (Å²) >= 11 is 0. The van der Waals surface area contributed by atoms with E-state index in [0.29, 0.717) is 48.6 Å². The first kappa shape index (κ1) is 22.2. The minimum Gasteiger partial charge on any atom is -0.486 e. The average Bonchev–Trinajstić information content (AvgIpc) is 3.11. The number of aromatic nitrogens is 1. The van der Waals surface area contributed by atoms with Crippen LogP contribution in [0.25, 0.3) is 0 Å². The molecule has 2 heterocycles. The molecule has 2 aromatic rings. The molecule has 2 aliphatic rings. The predicted octanol–water partition coefficient (Wildman–Crippen LogP) is 4.48. The van der Waals surface area contributed by atoms with Gasteiger partial charge in [-0.3, -0.25) is 9.59 Å². The minimum absolute atomic E-state index is 0.00310. The summed E-state index contributed by atoms with van der Waals surface area (Å²) < 4.78 is 13.4. The van der Waals surface area contributed by atoms with Crippen LogP contribution in [-0.4, -0.2) is 47.6 Å². The Labute approximate surface area is 189 Å². The molecule has 7 heteroatoms. The molecule has 1 aliphatic heterocycles. The van der Waals surface area contributed by atoms with Crippen molar-refractivity contribution >= 4 is 17.5 Å². The Morgan fingerprint density at radius 3 is 2.50 bits per heavy atom. The Morgan fingerprint density at radius 2 is 1.78 bits per heavy atom. The number of carbonyl (C=O) groups excluding carboxylic acids is 2. The zero-order valence-electron chi connectivity index (χ0n) is 19.3. The van der Waals surface area contributed by atoms with Gasteiger partial charge in [-0.1, -0.05) is 19.3 Å². The van der Waals surface area contributed by atoms with Crippen molar-refractivity contribution in [2.75, 3.05) is 31.6 Å². The highest BCUT2D eigenvalue weighted by atomic mass is 16.6. The number of carbonyl (C=O) groups is 2. The number of hydrogen-bond donors (Lipinski definition) is 1. The van der Waals surface area contributed by atoms with Gasteiger partial charge in [0.05, 0.1) is 5.56 Å². The van der Waals surface area contributed by atoms with Crippen LogP contribution >= 0.6 is 0 Å². The van der Waals surface area contributed by atoms with Gasteiger partial charge >= 0.3 is 0 Å². The molecule has 4 rings (SSSR count). The number of aryl methyl sites for hydroxylation is 1. The number of ether oxygens (including phenoxy) is 2. The van der Waals surface area contributed by atoms with Crippen LogP contribution in [0, 0.1) is 13.8 Å². The number of benzene rings is 1. The van der Waals surface area contributed by atoms with Gasteiger partial charge in [0, 0.05) is 35.7 Å². The Kier molecular flexibility index (Phi) is 6.72. The molecular formula is C25H33N3O4. The molecule has 0 radical (unpaired) electrons. The van der Waals surface area contributed by atoms with E-state index in [1.54, 1.807) is 23.1 Å². The summed E-state index contributed by atoms with van der Waals surface area (Å²) in [6.45, 7) is 7.46. The van der Waals surface area contributed by atoms with Crippen molar-refractivity contribution in [1.82, 2.24) is 9.47 Å². The van der Waals surface area contributed by atoms with Crippen molar-refractivity contribution < 1.29 is 19.1 Å². The monoisotopic (exact) mass is 439 g/mol. The van der Waals surface area contributed by atoms with E-state index in [9.17, 15) is 9.59 Å². The quantitative estimate of drug-likeness (QED) is 0.720. The van der Waals surface area contributed by atoms with Gasteiger partial charge in [-0.25, -0.2) is 0 Å². The molecule has 0 atom stereocenters. The van der Waals surface area contributed by atoms with Gasteiger partial charge in [0.2, 0.25) is 5.91 Å². The van der Waals surface area contributed by atoms with Gasteiger partial charge in [-0.15, -0.1) is 0 Å². The second kappa shape index (κ2) is 9.67. The van der Waals surface area contributed by atoms with Gasteiger partial charge in [-0.05, 0) is 51.8 Å². The fraction of sp³-hybridized carbons (Fsp3) is 0.520. The maximum Gasteiger partial charge on any atom is 0.256 e. The Balaban J connectivity index is 1.44. The van der Waals surface area contributed by atoms with Gasteiger partial charge in [0.1, 0.15) is 19.8 Å². The van der Waals surface area contributed by atoms with Crippen LogP contribution in [0.2, 0.25) is 0 Å². The summed E-state index contributed by atoms with van der Waals surface area (Å²) in [7, 11) is 0. The molecule has 7 nitrogen and oxygen atoms in total. The average molecular weight is 440 g/mol. The third kappa shape index (κ3) is 4.61. The molecule has 1 N–H and O–H groups in total. The van der Waals surface area contributed by atoms with E-state index < -0.39 is 0 Å². The van der Waals surface area contributed by atoms with Crippen LogP contribution in [0.4, 0.5) is 5.69 Å². The second-order valence-corrected chi connectivity index (χ2v) is 8.67. The Morgan fingerprint density at radius 1 is 1.06 bits per heavy atom. The van der Waals surface area contributed by atoms with E-state index in [1.807, 2.05) is 19.9 Å². The van der Waals surface area contributed by atoms with Crippen LogP contribution in [-0.2, 0) is 4.79 Å². The molecule has 1 aromatic heterocycles. The first-order valence-electron chi connectivity index (χ1n) is 11.6. The maximum absolute atomic E-state index is 13.3. The van der Waals surface area contributed by atoms with Crippen molar-refractivity contribution in [2.45, 2.75) is 58.9 Å². The lowest BCUT2D eigenvalue weighted by Gasteiger charge is -2.27. The van der Waals surface area contributed by atoms with Gasteiger partial charge in [0.15, 0.2) is 11.5 Å². The maximum atomic E-state index is 13.3. The van der Waals surface area contributed by atoms with Gasteiger partial charge in [-0.2, -0.15) is 0 Å². The third-order valence-corrected chi connectivity index (χ3v) is 6.48. The number of anilines is 1. The number of amides is 2. The van der Waals surface area contributed by atoms with Crippen LogP contribution in [0.5, 0.6) is 11.5 Å². The SMILES string of the molecule is CCN(CC(=O)Nc1ccc2c(c1)OCCO2)C(=O)c1cc(C)n(C2CCCCC2)c1C. The largest absolute Gasteiger partial charge is 0.486 e. The fourth-order valence-corrected chi connectivity index (χ4v) is 4.89. The summed E-state index contributed by atoms with van der Waals surface area (Å²) in [5.41, 5.74) is 3.44. The Bertz CT molecular complexity index is 991. The topological polar surface area (TPSA) is 72.8 Å². The number of fused-ring (bicyclic) bond motifs is 1. The molecule has 2 amide bonds. The number of nitrogens with zero attached hydrogens (tertiary/aromatic N) is 2. The fourth-order valence-electron chi connectivity index (χ4n) is 4.89. The van der Waals surface area contributed by atoms with Crippen molar-refractivity contribution in [2.24, 2.45) is 0 Å². The van der Waals surface area contributed by atoms with Crippen molar-refractivity contribution in [3.8, 4) is 11.5 Å². The second-order valence-electron chi connectivity index (χ2n) is 8.67. The molecule has 0 bridgehead atoms. The lowest BCUT2D eigenvalue weighted by atomic mass is 9.95. The molecule has 1 saturated carbocycles. The number of likely N-dealkylation sites (N-methyl/N-ethyl adjacent to an activating group) is 1. The number of rotatable bonds is 6. The van der Waals surface area contributed by atoms with Crippen LogP contribution in [0.1, 0.15) is 66.8 Å². The standard InChI is InChI=1S/C25H33N3O4/c1-4-27(16-24(29)26-19-10-11-22-23(15-19)32-13-12-31-22)25(30)21-14-17(2)28(18(21)3)20-8-6-5-7-9-20/h10-11,14-15,20H,4-9,12-13,16H2,1-3H3,(H,26,29). The summed E-state index contributed by atoms with van der Waals surface area (Å²) in [5, 5.41) is 2.87. The highest BCUT2D eigenvalue weighted by Crippen LogP contribution is 2.33. The number of hydrogen-bond acceptors (Lipinski definition) is 4. The lowest BCUT2D eigenvalue weighted by molar-refractivity contribution is -0.116. The number of nitrogens with one attached hydrogen (secondary N) is 1. The van der Waals surface area contributed by atoms with E-state index in [2.05, 4.69) is 16.8 Å². The van der Waals surface area contributed by atoms with E-state index in [4.69, 9.17) is 9.47 Å². The van der Waals surface area contributed by atoms with E-state index in [-0.39, 0.29) is 18.4 Å². The summed E-state index contributed by atoms with van der Waals surface area (Å²) in [5.74, 6) is 0.957. The molecular weight excluding hydrogens is 406 g/mol. The van der Waals surface area contributed by atoms with Crippen LogP contribution in [0.3, 0.4) is 0 Å². The third-order valence-electron chi connectivity index (χ3n) is 6.48. The zero-order valence-corrected chi connectivity index (χ0v) is 19.3. The molecule has 1 fully saturated rings. The first-order valence-corrected chi connectivity index (χ1v) is 11.6. The molecule has 0 unspecified atom stereocenters. The highest BCUT2D eigenvalue weighted by molar-refractivity contribution is 6.00. The lowest BCUT2D eigenvalue weighted by Crippen LogP contribution is -2.38. The normalized spacial score (nSPS) is 16.0. The summed E-state index contributed by atoms with van der Waals surface area (Å²) in [6.07, 6.45) is 6.11. The molecule has 1 aliphatic carbocycles. The minimum atomic E-state index is -0.238. The molecule has 172 valence electrons. The Hall–Kier alpha value is -2.96. The van der Waals surface area contributed by atoms with E-state index in [0.717, 1.165) is 11.4 Å². The first-order chi connectivity index (χ1) is 15.5. The van der Waals surface area contributed by atoms with E-state index >= 15 is 0 Å². The van der Waals surface area contributed by atoms with Crippen molar-refractivity contribution in [1.29, 1.82) is 0 Å². The predicted molar refractivity (Wildman–Crippen MR) is 124 cm³/mol. The van der Waals surface area contributed by atoms with Crippen LogP contribution in [0.15, 0.2) is 24.3 Å². The van der Waals surface area contributed by atoms with Crippen molar-refractivity contribution in [3.05, 3.63) is 41.2 Å². The highest BCUT2D eigenvalue weighted by Gasteiger charge is 2.26. The van der Waals surface area contributed by atoms with Gasteiger partial charge in [0.25, 0.3) is 5.91 Å². The molecule has 0 saturated heterocycles. The van der Waals surface area contributed by atoms with Crippen LogP contribution < -0.4 is 14.8 Å². The molecule has 0 spiro atoms. The summed E-state index contributed by atoms with van der Waals surface area (Å²) in [4.78, 5) is 27.6. The summed E-state index contributed by atoms with van der Waals surface area (Å²) in [6, 6.07) is 7.77. The molecule has 32 heavy (non-hydrogen) atoms. The van der Waals surface area contributed by atoms with Gasteiger partial charge < -0.3 is 24.3 Å². The van der Waals surface area contributed by atoms with Crippen molar-refractivity contribution in [3.63, 3.8) is 0 Å². The molecule has 1 aromatic carbocycles.